The third-order valence-electron chi connectivity index (χ3n) is 6.21. The molecule has 0 radical (unpaired) electrons. The van der Waals surface area contributed by atoms with Crippen LogP contribution in [0.3, 0.4) is 0 Å². The molecule has 11 atom stereocenters. The van der Waals surface area contributed by atoms with E-state index in [2.05, 4.69) is 6.58 Å². The highest BCUT2D eigenvalue weighted by Gasteiger charge is 2.52. The van der Waals surface area contributed by atoms with Gasteiger partial charge in [-0.05, 0) is 19.3 Å². The smallest absolute Gasteiger partial charge is 0.394 e. The van der Waals surface area contributed by atoms with Crippen molar-refractivity contribution in [3.8, 4) is 0 Å². The molecule has 13 nitrogen and oxygen atoms in total. The summed E-state index contributed by atoms with van der Waals surface area (Å²) in [6.45, 7) is 1.90. The first-order valence-corrected chi connectivity index (χ1v) is 13.9. The third-order valence-corrected chi connectivity index (χ3v) is 7.19. The molecule has 37 heavy (non-hydrogen) atoms. The van der Waals surface area contributed by atoms with Gasteiger partial charge in [-0.25, -0.2) is 8.96 Å². The normalized spacial score (nSPS) is 38.3. The first-order chi connectivity index (χ1) is 17.6. The van der Waals surface area contributed by atoms with Gasteiger partial charge in [0.1, 0.15) is 42.7 Å². The Bertz CT molecular complexity index is 714. The average molecular weight is 563 g/mol. The Kier molecular flexibility index (Phi) is 14.0. The van der Waals surface area contributed by atoms with Crippen molar-refractivity contribution in [2.24, 2.45) is 0 Å². The van der Waals surface area contributed by atoms with Crippen LogP contribution in [0.15, 0.2) is 12.7 Å². The topological polar surface area (TPSA) is 205 Å². The number of phosphoric acid groups is 1. The molecule has 1 unspecified atom stereocenters. The maximum atomic E-state index is 15.1. The number of hydrogen-bond acceptors (Lipinski definition) is 12. The van der Waals surface area contributed by atoms with Gasteiger partial charge in [0.25, 0.3) is 0 Å². The van der Waals surface area contributed by atoms with Crippen LogP contribution < -0.4 is 0 Å². The fourth-order valence-electron chi connectivity index (χ4n) is 4.05. The van der Waals surface area contributed by atoms with E-state index in [1.807, 2.05) is 6.08 Å². The Morgan fingerprint density at radius 3 is 2.05 bits per heavy atom. The van der Waals surface area contributed by atoms with Crippen LogP contribution in [0.5, 0.6) is 0 Å². The van der Waals surface area contributed by atoms with Crippen molar-refractivity contribution in [1.29, 1.82) is 0 Å². The Morgan fingerprint density at radius 1 is 0.838 bits per heavy atom. The highest BCUT2D eigenvalue weighted by Crippen LogP contribution is 2.47. The molecule has 2 saturated heterocycles. The standard InChI is InChI=1S/C22H40FO13P/c1-2-3-4-5-6-7-8-9-10-32-37(30,31)36-22-17(27)15(23)20(14(12-25)34-22)35-21-19(29)18(28)16(26)13(11-24)33-21/h2,13-22,24-29H,1,3-12H2,(H,30,31)/t13-,14-,15-,16+,17+,18+,19-,20-,21+,22-/m1/s1. The summed E-state index contributed by atoms with van der Waals surface area (Å²) in [7, 11) is -4.76. The quantitative estimate of drug-likeness (QED) is 0.0730. The van der Waals surface area contributed by atoms with E-state index < -0.39 is 82.5 Å². The molecule has 0 amide bonds. The molecule has 15 heteroatoms. The zero-order chi connectivity index (χ0) is 27.6. The summed E-state index contributed by atoms with van der Waals surface area (Å²) in [6, 6.07) is 0. The van der Waals surface area contributed by atoms with Crippen molar-refractivity contribution in [3.63, 3.8) is 0 Å². The van der Waals surface area contributed by atoms with Crippen molar-refractivity contribution in [1.82, 2.24) is 0 Å². The highest BCUT2D eigenvalue weighted by molar-refractivity contribution is 7.47. The number of ether oxygens (including phenoxy) is 3. The van der Waals surface area contributed by atoms with E-state index >= 15 is 4.39 Å². The Hall–Kier alpha value is -0.580. The molecule has 0 aromatic rings. The molecule has 7 N–H and O–H groups in total. The Morgan fingerprint density at radius 2 is 1.43 bits per heavy atom. The van der Waals surface area contributed by atoms with Crippen LogP contribution in [0.4, 0.5) is 4.39 Å². The minimum absolute atomic E-state index is 0.116. The predicted molar refractivity (Wildman–Crippen MR) is 125 cm³/mol. The fraction of sp³-hybridized carbons (Fsp3) is 0.909. The molecule has 2 aliphatic heterocycles. The lowest BCUT2D eigenvalue weighted by Gasteiger charge is -2.45. The molecule has 0 aliphatic carbocycles. The lowest BCUT2D eigenvalue weighted by Crippen LogP contribution is -2.63. The van der Waals surface area contributed by atoms with Gasteiger partial charge < -0.3 is 49.7 Å². The molecule has 2 fully saturated rings. The lowest BCUT2D eigenvalue weighted by atomic mass is 9.97. The van der Waals surface area contributed by atoms with Gasteiger partial charge in [-0.15, -0.1) is 6.58 Å². The summed E-state index contributed by atoms with van der Waals surface area (Å²) < 4.78 is 52.7. The van der Waals surface area contributed by atoms with Crippen LogP contribution in [0, 0.1) is 0 Å². The van der Waals surface area contributed by atoms with E-state index in [9.17, 15) is 40.1 Å². The molecule has 0 aromatic heterocycles. The van der Waals surface area contributed by atoms with Crippen LogP contribution in [-0.2, 0) is 27.8 Å². The summed E-state index contributed by atoms with van der Waals surface area (Å²) in [5, 5.41) is 59.1. The minimum Gasteiger partial charge on any atom is -0.394 e. The molecule has 2 rings (SSSR count). The van der Waals surface area contributed by atoms with Crippen molar-refractivity contribution < 1.29 is 67.7 Å². The van der Waals surface area contributed by atoms with Gasteiger partial charge in [-0.3, -0.25) is 9.05 Å². The average Bonchev–Trinajstić information content (AvgIpc) is 2.87. The maximum absolute atomic E-state index is 15.1. The van der Waals surface area contributed by atoms with Gasteiger partial charge in [0, 0.05) is 0 Å². The summed E-state index contributed by atoms with van der Waals surface area (Å²) in [4.78, 5) is 9.97. The second kappa shape index (κ2) is 15.9. The maximum Gasteiger partial charge on any atom is 0.474 e. The Balaban J connectivity index is 1.87. The van der Waals surface area contributed by atoms with E-state index in [4.69, 9.17) is 23.3 Å². The van der Waals surface area contributed by atoms with Crippen LogP contribution >= 0.6 is 7.82 Å². The highest BCUT2D eigenvalue weighted by atomic mass is 31.2. The number of rotatable bonds is 16. The summed E-state index contributed by atoms with van der Waals surface area (Å²) >= 11 is 0. The van der Waals surface area contributed by atoms with Crippen LogP contribution in [0.1, 0.15) is 44.9 Å². The SMILES string of the molecule is C=CCCCCCCCCOP(=O)(O)O[C@H]1O[C@H](CO)[C@@H](O[C@@H]2O[C@H](CO)[C@H](O)[C@H](O)[C@H]2O)[C@H](F)[C@@H]1O. The predicted octanol–water partition coefficient (Wildman–Crippen LogP) is -0.362. The van der Waals surface area contributed by atoms with Crippen molar-refractivity contribution >= 4 is 7.82 Å². The monoisotopic (exact) mass is 562 g/mol. The Labute approximate surface area is 215 Å². The third kappa shape index (κ3) is 9.53. The van der Waals surface area contributed by atoms with Gasteiger partial charge in [-0.2, -0.15) is 0 Å². The van der Waals surface area contributed by atoms with E-state index in [0.717, 1.165) is 38.5 Å². The number of aliphatic hydroxyl groups is 6. The zero-order valence-electron chi connectivity index (χ0n) is 20.5. The second-order valence-corrected chi connectivity index (χ2v) is 10.5. The molecular formula is C22H40FO13P. The van der Waals surface area contributed by atoms with E-state index in [-0.39, 0.29) is 6.61 Å². The molecule has 0 spiro atoms. The molecule has 2 heterocycles. The summed E-state index contributed by atoms with van der Waals surface area (Å²) in [5.74, 6) is 0. The summed E-state index contributed by atoms with van der Waals surface area (Å²) in [5.41, 5.74) is 0. The van der Waals surface area contributed by atoms with Crippen LogP contribution in [-0.4, -0.2) is 117 Å². The van der Waals surface area contributed by atoms with Crippen LogP contribution in [0.2, 0.25) is 0 Å². The number of hydrogen-bond donors (Lipinski definition) is 7. The molecule has 218 valence electrons. The largest absolute Gasteiger partial charge is 0.474 e. The summed E-state index contributed by atoms with van der Waals surface area (Å²) in [6.07, 6.45) is -10.2. The lowest BCUT2D eigenvalue weighted by molar-refractivity contribution is -0.347. The van der Waals surface area contributed by atoms with E-state index in [1.54, 1.807) is 0 Å². The van der Waals surface area contributed by atoms with Gasteiger partial charge in [0.05, 0.1) is 19.8 Å². The number of unbranched alkanes of at least 4 members (excludes halogenated alkanes) is 6. The number of allylic oxidation sites excluding steroid dienone is 1. The zero-order valence-corrected chi connectivity index (χ0v) is 21.4. The second-order valence-electron chi connectivity index (χ2n) is 9.06. The number of halogens is 1. The van der Waals surface area contributed by atoms with Gasteiger partial charge in [0.15, 0.2) is 18.8 Å². The van der Waals surface area contributed by atoms with Crippen molar-refractivity contribution in [2.75, 3.05) is 19.8 Å². The first kappa shape index (κ1) is 32.6. The molecule has 0 saturated carbocycles. The van der Waals surface area contributed by atoms with Crippen molar-refractivity contribution in [3.05, 3.63) is 12.7 Å². The van der Waals surface area contributed by atoms with Gasteiger partial charge in [-0.1, -0.05) is 31.8 Å². The number of aliphatic hydroxyl groups excluding tert-OH is 6. The molecule has 0 bridgehead atoms. The molecule has 0 aromatic carbocycles. The van der Waals surface area contributed by atoms with Gasteiger partial charge >= 0.3 is 7.82 Å². The molecule has 2 aliphatic rings. The number of alkyl halides is 1. The number of phosphoric ester groups is 1. The molecular weight excluding hydrogens is 522 g/mol. The first-order valence-electron chi connectivity index (χ1n) is 12.4. The minimum atomic E-state index is -4.76. The van der Waals surface area contributed by atoms with Crippen molar-refractivity contribution in [2.45, 2.75) is 106 Å². The fourth-order valence-corrected chi connectivity index (χ4v) is 4.91. The van der Waals surface area contributed by atoms with E-state index in [1.165, 1.54) is 0 Å². The van der Waals surface area contributed by atoms with Gasteiger partial charge in [0.2, 0.25) is 0 Å². The van der Waals surface area contributed by atoms with Crippen LogP contribution in [0.25, 0.3) is 0 Å². The van der Waals surface area contributed by atoms with E-state index in [0.29, 0.717) is 6.42 Å².